The quantitative estimate of drug-likeness (QED) is 0.0883. The van der Waals surface area contributed by atoms with Gasteiger partial charge in [0.25, 0.3) is 0 Å². The summed E-state index contributed by atoms with van der Waals surface area (Å²) in [5, 5.41) is 0. The second kappa shape index (κ2) is 34.5. The second-order valence-corrected chi connectivity index (χ2v) is 34.9. The van der Waals surface area contributed by atoms with Crippen LogP contribution in [0.4, 0.5) is 0 Å². The summed E-state index contributed by atoms with van der Waals surface area (Å²) >= 11 is 0. The molecule has 116 heavy (non-hydrogen) atoms. The molecule has 0 radical (unpaired) electrons. The number of rotatable bonds is 12. The van der Waals surface area contributed by atoms with Gasteiger partial charge in [-0.2, -0.15) is 0 Å². The normalized spacial score (nSPS) is 28.3. The van der Waals surface area contributed by atoms with Crippen molar-refractivity contribution in [2.45, 2.75) is 204 Å². The van der Waals surface area contributed by atoms with Crippen LogP contribution < -0.4 is 0 Å². The van der Waals surface area contributed by atoms with Crippen molar-refractivity contribution in [3.63, 3.8) is 0 Å². The van der Waals surface area contributed by atoms with E-state index in [1.54, 1.807) is 28.4 Å². The summed E-state index contributed by atoms with van der Waals surface area (Å²) in [6.07, 6.45) is 43.5. The van der Waals surface area contributed by atoms with Crippen LogP contribution in [0.5, 0.6) is 0 Å². The number of aromatic nitrogens is 16. The molecule has 12 aromatic heterocycles. The van der Waals surface area contributed by atoms with Crippen LogP contribution in [0, 0.1) is 47.3 Å². The summed E-state index contributed by atoms with van der Waals surface area (Å²) in [5.74, 6) is 8.54. The van der Waals surface area contributed by atoms with E-state index in [9.17, 15) is 19.2 Å². The van der Waals surface area contributed by atoms with Crippen molar-refractivity contribution < 1.29 is 38.1 Å². The zero-order chi connectivity index (χ0) is 79.8. The molecule has 4 amide bonds. The molecular formula is C88H116N20O8. The number of piperidine rings is 4. The van der Waals surface area contributed by atoms with Crippen LogP contribution >= 0.6 is 0 Å². The number of nitrogens with zero attached hydrogens (tertiary/aromatic N) is 16. The molecule has 0 unspecified atom stereocenters. The number of fused-ring (bicyclic) bond motifs is 12. The van der Waals surface area contributed by atoms with Crippen LogP contribution in [0.15, 0.2) is 98.6 Å². The molecule has 0 aromatic carbocycles. The summed E-state index contributed by atoms with van der Waals surface area (Å²) in [6, 6.07) is 8.18. The highest BCUT2D eigenvalue weighted by Crippen LogP contribution is 2.42. The predicted octanol–water partition coefficient (Wildman–Crippen LogP) is 13.5. The molecule has 4 saturated carbocycles. The number of hydrogen-bond donors (Lipinski definition) is 4. The lowest BCUT2D eigenvalue weighted by Crippen LogP contribution is -2.46. The number of nitrogens with one attached hydrogen (secondary N) is 4. The van der Waals surface area contributed by atoms with Gasteiger partial charge in [-0.15, -0.1) is 0 Å². The van der Waals surface area contributed by atoms with Gasteiger partial charge in [-0.25, -0.2) is 39.9 Å². The molecule has 12 aromatic rings. The van der Waals surface area contributed by atoms with Gasteiger partial charge in [0.05, 0.1) is 118 Å². The largest absolute Gasteiger partial charge is 0.381 e. The Morgan fingerprint density at radius 3 is 0.741 bits per heavy atom. The zero-order valence-corrected chi connectivity index (χ0v) is 68.7. The molecular weight excluding hydrogens is 1470 g/mol. The number of hydrogen-bond acceptors (Lipinski definition) is 16. The first-order chi connectivity index (χ1) is 56.6. The topological polar surface area (TPSA) is 302 Å². The van der Waals surface area contributed by atoms with Gasteiger partial charge in [0, 0.05) is 153 Å². The van der Waals surface area contributed by atoms with Crippen LogP contribution in [-0.4, -0.2) is 226 Å². The van der Waals surface area contributed by atoms with Crippen molar-refractivity contribution in [2.75, 3.05) is 80.8 Å². The standard InChI is InChI=1S/4C22H29N5O2/c4*1-14-7-9-26(22(28)15-4-3-5-17(10-15)29-2)13-18(14)21-25-12-16-11-24-20-19(27(16)21)6-8-23-20/h4*6,8,11-12,14-15,17-18,23H,3-5,7,9-10,13H2,1-2H3/t2*14-,15+,17-,18+;2*14-,15-,17+,18+/m1111/s1. The van der Waals surface area contributed by atoms with Crippen molar-refractivity contribution in [2.24, 2.45) is 47.3 Å². The summed E-state index contributed by atoms with van der Waals surface area (Å²) in [4.78, 5) is 111. The molecule has 0 spiro atoms. The van der Waals surface area contributed by atoms with Gasteiger partial charge < -0.3 is 58.5 Å². The molecule has 616 valence electrons. The fourth-order valence-corrected chi connectivity index (χ4v) is 20.8. The number of likely N-dealkylation sites (tertiary alicyclic amines) is 4. The molecule has 8 fully saturated rings. The number of imidazole rings is 4. The van der Waals surface area contributed by atoms with Gasteiger partial charge in [0.15, 0.2) is 22.6 Å². The highest BCUT2D eigenvalue weighted by atomic mass is 16.5. The Morgan fingerprint density at radius 2 is 0.526 bits per heavy atom. The maximum Gasteiger partial charge on any atom is 0.225 e. The summed E-state index contributed by atoms with van der Waals surface area (Å²) < 4.78 is 31.0. The van der Waals surface area contributed by atoms with Gasteiger partial charge in [0.2, 0.25) is 23.6 Å². The fourth-order valence-electron chi connectivity index (χ4n) is 20.8. The smallest absolute Gasteiger partial charge is 0.225 e. The first-order valence-electron chi connectivity index (χ1n) is 43.1. The van der Waals surface area contributed by atoms with Crippen LogP contribution in [0.1, 0.15) is 203 Å². The van der Waals surface area contributed by atoms with Gasteiger partial charge in [-0.05, 0) is 151 Å². The van der Waals surface area contributed by atoms with E-state index in [-0.39, 0.29) is 71.8 Å². The Balaban J connectivity index is 0.000000111. The molecule has 28 heteroatoms. The number of methoxy groups -OCH3 is 4. The van der Waals surface area contributed by atoms with Gasteiger partial charge in [0.1, 0.15) is 23.3 Å². The van der Waals surface area contributed by atoms with E-state index < -0.39 is 0 Å². The third-order valence-electron chi connectivity index (χ3n) is 28.0. The average molecular weight is 1580 g/mol. The lowest BCUT2D eigenvalue weighted by atomic mass is 9.83. The van der Waals surface area contributed by atoms with Crippen molar-refractivity contribution >= 4 is 90.4 Å². The Hall–Kier alpha value is -9.64. The van der Waals surface area contributed by atoms with Crippen LogP contribution in [0.3, 0.4) is 0 Å². The van der Waals surface area contributed by atoms with E-state index in [1.165, 1.54) is 0 Å². The molecule has 28 nitrogen and oxygen atoms in total. The van der Waals surface area contributed by atoms with E-state index in [4.69, 9.17) is 38.9 Å². The van der Waals surface area contributed by atoms with Crippen LogP contribution in [0.25, 0.3) is 66.7 Å². The van der Waals surface area contributed by atoms with Crippen LogP contribution in [0.2, 0.25) is 0 Å². The van der Waals surface area contributed by atoms with E-state index >= 15 is 0 Å². The van der Waals surface area contributed by atoms with E-state index in [0.29, 0.717) is 47.3 Å². The lowest BCUT2D eigenvalue weighted by molar-refractivity contribution is -0.140. The average Bonchev–Trinajstić information content (AvgIpc) is 1.69. The monoisotopic (exact) mass is 1580 g/mol. The number of carbonyl (C=O) groups excluding carboxylic acids is 4. The van der Waals surface area contributed by atoms with Crippen molar-refractivity contribution in [1.29, 1.82) is 0 Å². The highest BCUT2D eigenvalue weighted by Gasteiger charge is 2.43. The number of carbonyl (C=O) groups is 4. The third-order valence-corrected chi connectivity index (χ3v) is 28.0. The lowest BCUT2D eigenvalue weighted by Gasteiger charge is -2.39. The number of H-pyrrole nitrogens is 4. The van der Waals surface area contributed by atoms with Gasteiger partial charge in [-0.1, -0.05) is 53.4 Å². The SMILES string of the molecule is CO[C@@H]1CCC[C@H](C(=O)N2CC[C@@H](C)[C@@H](c3ncc4cnc5[nH]ccc5n34)C2)C1.CO[C@@H]1CCC[C@H](C(=O)N2CC[C@@H](C)[C@@H](c3ncc4cnc5[nH]ccc5n34)C2)C1.CO[C@H]1CCC[C@@H](C(=O)N2CC[C@@H](C)[C@@H](c3ncc4cnc5[nH]ccc5n34)C2)C1.CO[C@H]1CCC[C@@H](C(=O)N2CC[C@@H](C)[C@@H](c3ncc4cnc5[nH]ccc5n34)C2)C1. The molecule has 8 aliphatic rings. The minimum absolute atomic E-state index is 0.0976. The van der Waals surface area contributed by atoms with Crippen molar-refractivity contribution in [3.8, 4) is 0 Å². The highest BCUT2D eigenvalue weighted by molar-refractivity contribution is 5.83. The molecule has 4 aliphatic carbocycles. The van der Waals surface area contributed by atoms with Crippen molar-refractivity contribution in [1.82, 2.24) is 97.0 Å². The van der Waals surface area contributed by atoms with E-state index in [0.717, 1.165) is 271 Å². The summed E-state index contributed by atoms with van der Waals surface area (Å²) in [7, 11) is 7.04. The molecule has 20 rings (SSSR count). The number of aromatic amines is 4. The number of amides is 4. The summed E-state index contributed by atoms with van der Waals surface area (Å²) in [5.41, 5.74) is 11.6. The minimum Gasteiger partial charge on any atom is -0.381 e. The van der Waals surface area contributed by atoms with Crippen LogP contribution in [-0.2, 0) is 38.1 Å². The zero-order valence-electron chi connectivity index (χ0n) is 68.7. The molecule has 16 heterocycles. The Labute approximate surface area is 676 Å². The van der Waals surface area contributed by atoms with Gasteiger partial charge in [-0.3, -0.25) is 36.8 Å². The number of ether oxygens (including phenoxy) is 4. The minimum atomic E-state index is 0.0976. The van der Waals surface area contributed by atoms with E-state index in [1.807, 2.05) is 98.6 Å². The van der Waals surface area contributed by atoms with Crippen molar-refractivity contribution in [3.05, 3.63) is 122 Å². The Kier molecular flexibility index (Phi) is 23.5. The predicted molar refractivity (Wildman–Crippen MR) is 443 cm³/mol. The fraction of sp³-hybridized carbons (Fsp3) is 0.591. The third kappa shape index (κ3) is 15.7. The second-order valence-electron chi connectivity index (χ2n) is 34.9. The van der Waals surface area contributed by atoms with E-state index in [2.05, 4.69) is 105 Å². The molecule has 4 aliphatic heterocycles. The maximum atomic E-state index is 13.3. The molecule has 0 bridgehead atoms. The molecule has 4 N–H and O–H groups in total. The Morgan fingerprint density at radius 1 is 0.310 bits per heavy atom. The van der Waals surface area contributed by atoms with Gasteiger partial charge >= 0.3 is 0 Å². The maximum absolute atomic E-state index is 13.3. The first kappa shape index (κ1) is 78.9. The molecule has 16 atom stereocenters. The Bertz CT molecular complexity index is 4760. The summed E-state index contributed by atoms with van der Waals surface area (Å²) in [6.45, 7) is 15.4. The first-order valence-corrected chi connectivity index (χ1v) is 43.1. The molecule has 4 saturated heterocycles.